The van der Waals surface area contributed by atoms with E-state index in [4.69, 9.17) is 4.74 Å². The molecule has 0 aliphatic carbocycles. The van der Waals surface area contributed by atoms with E-state index < -0.39 is 0 Å². The molecule has 0 aromatic carbocycles. The van der Waals surface area contributed by atoms with Crippen LogP contribution in [-0.2, 0) is 0 Å². The maximum atomic E-state index is 6.18. The zero-order chi connectivity index (χ0) is 14.1. The van der Waals surface area contributed by atoms with Crippen LogP contribution in [0.1, 0.15) is 77.7 Å². The number of pyridine rings is 1. The van der Waals surface area contributed by atoms with Gasteiger partial charge >= 0.3 is 0 Å². The summed E-state index contributed by atoms with van der Waals surface area (Å²) in [5.74, 6) is 1.64. The molecule has 1 heterocycles. The van der Waals surface area contributed by atoms with E-state index in [0.717, 1.165) is 18.6 Å². The second-order valence-corrected chi connectivity index (χ2v) is 5.24. The molecule has 1 aromatic heterocycles. The van der Waals surface area contributed by atoms with Crippen LogP contribution in [-0.4, -0.2) is 11.1 Å². The summed E-state index contributed by atoms with van der Waals surface area (Å²) in [6.45, 7) is 8.87. The second-order valence-electron chi connectivity index (χ2n) is 5.24. The quantitative estimate of drug-likeness (QED) is 0.600. The van der Waals surface area contributed by atoms with Crippen molar-refractivity contribution in [2.45, 2.75) is 78.2 Å². The Morgan fingerprint density at radius 1 is 1.05 bits per heavy atom. The molecular weight excluding hydrogens is 234 g/mol. The lowest BCUT2D eigenvalue weighted by atomic mass is 9.91. The molecule has 0 spiro atoms. The Morgan fingerprint density at radius 3 is 2.21 bits per heavy atom. The molecule has 0 fully saturated rings. The van der Waals surface area contributed by atoms with E-state index in [-0.39, 0.29) is 0 Å². The predicted molar refractivity (Wildman–Crippen MR) is 81.8 cm³/mol. The Kier molecular flexibility index (Phi) is 7.54. The predicted octanol–water partition coefficient (Wildman–Crippen LogP) is 5.33. The molecule has 0 N–H and O–H groups in total. The topological polar surface area (TPSA) is 22.1 Å². The van der Waals surface area contributed by atoms with Crippen molar-refractivity contribution in [3.8, 4) is 5.75 Å². The van der Waals surface area contributed by atoms with Gasteiger partial charge in [0.25, 0.3) is 0 Å². The van der Waals surface area contributed by atoms with Crippen LogP contribution in [0.2, 0.25) is 0 Å². The Balaban J connectivity index is 2.91. The van der Waals surface area contributed by atoms with Crippen LogP contribution in [0.4, 0.5) is 0 Å². The fraction of sp³-hybridized carbons (Fsp3) is 0.706. The number of hydrogen-bond donors (Lipinski definition) is 0. The van der Waals surface area contributed by atoms with Crippen LogP contribution in [0.3, 0.4) is 0 Å². The van der Waals surface area contributed by atoms with Crippen molar-refractivity contribution in [2.75, 3.05) is 0 Å². The van der Waals surface area contributed by atoms with Crippen molar-refractivity contribution < 1.29 is 4.74 Å². The molecule has 1 rings (SSSR count). The summed E-state index contributed by atoms with van der Waals surface area (Å²) in [6.07, 6.45) is 11.2. The molecule has 2 nitrogen and oxygen atoms in total. The molecule has 0 saturated carbocycles. The van der Waals surface area contributed by atoms with Gasteiger partial charge in [-0.05, 0) is 37.7 Å². The van der Waals surface area contributed by atoms with Gasteiger partial charge in [0, 0.05) is 18.0 Å². The van der Waals surface area contributed by atoms with Gasteiger partial charge in [-0.3, -0.25) is 4.98 Å². The first-order valence-electron chi connectivity index (χ1n) is 7.87. The monoisotopic (exact) mass is 263 g/mol. The third-order valence-corrected chi connectivity index (χ3v) is 3.73. The first-order valence-corrected chi connectivity index (χ1v) is 7.87. The molecule has 0 bridgehead atoms. The van der Waals surface area contributed by atoms with E-state index in [1.165, 1.54) is 31.2 Å². The van der Waals surface area contributed by atoms with Crippen LogP contribution in [0, 0.1) is 0 Å². The van der Waals surface area contributed by atoms with Crippen molar-refractivity contribution in [1.82, 2.24) is 4.98 Å². The molecule has 0 amide bonds. The van der Waals surface area contributed by atoms with Crippen molar-refractivity contribution in [3.63, 3.8) is 0 Å². The van der Waals surface area contributed by atoms with Gasteiger partial charge in [0.15, 0.2) is 0 Å². The summed E-state index contributed by atoms with van der Waals surface area (Å²) in [4.78, 5) is 4.31. The van der Waals surface area contributed by atoms with Gasteiger partial charge in [-0.1, -0.05) is 40.5 Å². The summed E-state index contributed by atoms with van der Waals surface area (Å²) < 4.78 is 6.18. The molecule has 19 heavy (non-hydrogen) atoms. The summed E-state index contributed by atoms with van der Waals surface area (Å²) in [7, 11) is 0. The number of aromatic nitrogens is 1. The third kappa shape index (κ3) is 4.85. The molecule has 0 atom stereocenters. The van der Waals surface area contributed by atoms with Crippen LogP contribution in [0.25, 0.3) is 0 Å². The van der Waals surface area contributed by atoms with E-state index in [0.29, 0.717) is 12.0 Å². The number of nitrogens with zero attached hydrogens (tertiary/aromatic N) is 1. The van der Waals surface area contributed by atoms with E-state index in [1.807, 2.05) is 18.5 Å². The smallest absolute Gasteiger partial charge is 0.126 e. The average Bonchev–Trinajstić information content (AvgIpc) is 2.45. The van der Waals surface area contributed by atoms with Crippen molar-refractivity contribution in [1.29, 1.82) is 0 Å². The highest BCUT2D eigenvalue weighted by Gasteiger charge is 2.17. The molecule has 0 radical (unpaired) electrons. The molecule has 0 saturated heterocycles. The molecule has 108 valence electrons. The lowest BCUT2D eigenvalue weighted by molar-refractivity contribution is 0.189. The Bertz CT molecular complexity index is 341. The second kappa shape index (κ2) is 8.95. The molecule has 2 heteroatoms. The fourth-order valence-electron chi connectivity index (χ4n) is 2.59. The van der Waals surface area contributed by atoms with Gasteiger partial charge in [-0.2, -0.15) is 0 Å². The largest absolute Gasteiger partial charge is 0.490 e. The Morgan fingerprint density at radius 2 is 1.68 bits per heavy atom. The summed E-state index contributed by atoms with van der Waals surface area (Å²) in [6, 6.07) is 2.03. The molecular formula is C17H29NO. The van der Waals surface area contributed by atoms with Gasteiger partial charge in [-0.25, -0.2) is 0 Å². The number of rotatable bonds is 9. The minimum absolute atomic E-state index is 0.324. The van der Waals surface area contributed by atoms with E-state index >= 15 is 0 Å². The van der Waals surface area contributed by atoms with Crippen LogP contribution >= 0.6 is 0 Å². The maximum absolute atomic E-state index is 6.18. The van der Waals surface area contributed by atoms with Crippen LogP contribution in [0.15, 0.2) is 18.5 Å². The normalized spacial score (nSPS) is 11.3. The van der Waals surface area contributed by atoms with Crippen LogP contribution < -0.4 is 4.74 Å². The first kappa shape index (κ1) is 16.0. The van der Waals surface area contributed by atoms with Gasteiger partial charge < -0.3 is 4.74 Å². The highest BCUT2D eigenvalue weighted by molar-refractivity contribution is 5.33. The SMILES string of the molecule is CCCC(CCC)c1cnccc1OC(CC)CC. The Labute approximate surface area is 118 Å². The molecule has 1 aromatic rings. The highest BCUT2D eigenvalue weighted by atomic mass is 16.5. The van der Waals surface area contributed by atoms with Gasteiger partial charge in [0.05, 0.1) is 6.10 Å². The lowest BCUT2D eigenvalue weighted by Gasteiger charge is -2.22. The number of ether oxygens (including phenoxy) is 1. The van der Waals surface area contributed by atoms with Crippen molar-refractivity contribution in [2.24, 2.45) is 0 Å². The van der Waals surface area contributed by atoms with Gasteiger partial charge in [0.1, 0.15) is 5.75 Å². The molecule has 0 aliphatic rings. The highest BCUT2D eigenvalue weighted by Crippen LogP contribution is 2.33. The maximum Gasteiger partial charge on any atom is 0.126 e. The zero-order valence-corrected chi connectivity index (χ0v) is 13.0. The third-order valence-electron chi connectivity index (χ3n) is 3.73. The van der Waals surface area contributed by atoms with Crippen molar-refractivity contribution >= 4 is 0 Å². The summed E-state index contributed by atoms with van der Waals surface area (Å²) >= 11 is 0. The average molecular weight is 263 g/mol. The lowest BCUT2D eigenvalue weighted by Crippen LogP contribution is -2.15. The Hall–Kier alpha value is -1.05. The van der Waals surface area contributed by atoms with Crippen LogP contribution in [0.5, 0.6) is 5.75 Å². The number of hydrogen-bond acceptors (Lipinski definition) is 2. The minimum atomic E-state index is 0.324. The van der Waals surface area contributed by atoms with E-state index in [9.17, 15) is 0 Å². The van der Waals surface area contributed by atoms with Crippen molar-refractivity contribution in [3.05, 3.63) is 24.0 Å². The standard InChI is InChI=1S/C17H29NO/c1-5-9-14(10-6-2)16-13-18-12-11-17(16)19-15(7-3)8-4/h11-15H,5-10H2,1-4H3. The van der Waals surface area contributed by atoms with E-state index in [1.54, 1.807) is 0 Å². The summed E-state index contributed by atoms with van der Waals surface area (Å²) in [5.41, 5.74) is 1.30. The zero-order valence-electron chi connectivity index (χ0n) is 13.0. The van der Waals surface area contributed by atoms with Gasteiger partial charge in [-0.15, -0.1) is 0 Å². The van der Waals surface area contributed by atoms with E-state index in [2.05, 4.69) is 32.7 Å². The fourth-order valence-corrected chi connectivity index (χ4v) is 2.59. The minimum Gasteiger partial charge on any atom is -0.490 e. The first-order chi connectivity index (χ1) is 9.26. The molecule has 0 aliphatic heterocycles. The summed E-state index contributed by atoms with van der Waals surface area (Å²) in [5, 5.41) is 0. The molecule has 0 unspecified atom stereocenters. The van der Waals surface area contributed by atoms with Gasteiger partial charge in [0.2, 0.25) is 0 Å².